The molecule has 0 saturated carbocycles. The minimum absolute atomic E-state index is 0.212. The number of carbonyl (C=O) groups is 1. The van der Waals surface area contributed by atoms with Crippen molar-refractivity contribution in [1.82, 2.24) is 14.4 Å². The molecule has 1 amide bonds. The van der Waals surface area contributed by atoms with Crippen LogP contribution >= 0.6 is 0 Å². The van der Waals surface area contributed by atoms with E-state index in [1.165, 1.54) is 7.11 Å². The number of methoxy groups -OCH3 is 1. The standard InChI is InChI=1S/C20H13F3N4O2/c1-29-16-6-3-11(15-10-27-8-2-7-24-20(27)26-15)9-14(16)25-19(28)12-4-5-13(21)18(23)17(12)22/h2-10H,1H3,(H,25,28). The van der Waals surface area contributed by atoms with E-state index in [1.807, 2.05) is 0 Å². The molecule has 6 nitrogen and oxygen atoms in total. The number of amides is 1. The summed E-state index contributed by atoms with van der Waals surface area (Å²) in [6.07, 6.45) is 5.16. The highest BCUT2D eigenvalue weighted by molar-refractivity contribution is 6.05. The van der Waals surface area contributed by atoms with Gasteiger partial charge in [0.1, 0.15) is 5.75 Å². The molecule has 9 heteroatoms. The second kappa shape index (κ2) is 7.27. The molecule has 4 rings (SSSR count). The maximum atomic E-state index is 13.9. The van der Waals surface area contributed by atoms with E-state index in [-0.39, 0.29) is 5.69 Å². The van der Waals surface area contributed by atoms with Gasteiger partial charge in [-0.25, -0.2) is 23.1 Å². The monoisotopic (exact) mass is 398 g/mol. The largest absolute Gasteiger partial charge is 0.495 e. The van der Waals surface area contributed by atoms with Gasteiger partial charge in [-0.05, 0) is 36.4 Å². The lowest BCUT2D eigenvalue weighted by atomic mass is 10.1. The van der Waals surface area contributed by atoms with Crippen molar-refractivity contribution in [3.8, 4) is 17.0 Å². The minimum Gasteiger partial charge on any atom is -0.495 e. The first-order valence-corrected chi connectivity index (χ1v) is 8.41. The van der Waals surface area contributed by atoms with Gasteiger partial charge in [0.15, 0.2) is 17.5 Å². The molecule has 2 aromatic heterocycles. The Morgan fingerprint density at radius 2 is 1.97 bits per heavy atom. The Balaban J connectivity index is 1.70. The first-order chi connectivity index (χ1) is 14.0. The van der Waals surface area contributed by atoms with E-state index in [0.717, 1.165) is 6.07 Å². The zero-order chi connectivity index (χ0) is 20.5. The number of hydrogen-bond acceptors (Lipinski definition) is 4. The molecule has 0 radical (unpaired) electrons. The van der Waals surface area contributed by atoms with Crippen LogP contribution in [0.15, 0.2) is 55.0 Å². The molecule has 0 atom stereocenters. The van der Waals surface area contributed by atoms with E-state index in [4.69, 9.17) is 4.74 Å². The van der Waals surface area contributed by atoms with E-state index in [9.17, 15) is 18.0 Å². The van der Waals surface area contributed by atoms with E-state index in [0.29, 0.717) is 28.9 Å². The van der Waals surface area contributed by atoms with Gasteiger partial charge in [-0.15, -0.1) is 0 Å². The van der Waals surface area contributed by atoms with Crippen LogP contribution in [0.5, 0.6) is 5.75 Å². The van der Waals surface area contributed by atoms with Crippen LogP contribution in [0.1, 0.15) is 10.4 Å². The lowest BCUT2D eigenvalue weighted by Crippen LogP contribution is -2.15. The fourth-order valence-electron chi connectivity index (χ4n) is 2.82. The van der Waals surface area contributed by atoms with Crippen molar-refractivity contribution in [3.05, 3.63) is 78.0 Å². The number of carbonyl (C=O) groups excluding carboxylic acids is 1. The second-order valence-electron chi connectivity index (χ2n) is 6.05. The van der Waals surface area contributed by atoms with Gasteiger partial charge in [0, 0.05) is 24.2 Å². The molecule has 29 heavy (non-hydrogen) atoms. The van der Waals surface area contributed by atoms with Gasteiger partial charge in [-0.1, -0.05) is 0 Å². The van der Waals surface area contributed by atoms with Crippen LogP contribution in [0.25, 0.3) is 17.0 Å². The fraction of sp³-hybridized carbons (Fsp3) is 0.0500. The van der Waals surface area contributed by atoms with Crippen molar-refractivity contribution in [2.75, 3.05) is 12.4 Å². The Bertz CT molecular complexity index is 1210. The van der Waals surface area contributed by atoms with E-state index >= 15 is 0 Å². The molecular weight excluding hydrogens is 385 g/mol. The van der Waals surface area contributed by atoms with Gasteiger partial charge >= 0.3 is 0 Å². The lowest BCUT2D eigenvalue weighted by Gasteiger charge is -2.12. The minimum atomic E-state index is -1.71. The average Bonchev–Trinajstić information content (AvgIpc) is 3.16. The number of imidazole rings is 1. The van der Waals surface area contributed by atoms with Crippen molar-refractivity contribution in [1.29, 1.82) is 0 Å². The van der Waals surface area contributed by atoms with Crippen LogP contribution in [0, 0.1) is 17.5 Å². The third-order valence-electron chi connectivity index (χ3n) is 4.26. The Morgan fingerprint density at radius 1 is 1.14 bits per heavy atom. The SMILES string of the molecule is COc1ccc(-c2cn3cccnc3n2)cc1NC(=O)c1ccc(F)c(F)c1F. The third kappa shape index (κ3) is 3.38. The quantitative estimate of drug-likeness (QED) is 0.526. The molecule has 0 unspecified atom stereocenters. The summed E-state index contributed by atoms with van der Waals surface area (Å²) in [6.45, 7) is 0. The van der Waals surface area contributed by atoms with Crippen LogP contribution in [-0.4, -0.2) is 27.4 Å². The van der Waals surface area contributed by atoms with E-state index < -0.39 is 28.9 Å². The van der Waals surface area contributed by atoms with Gasteiger partial charge in [-0.2, -0.15) is 0 Å². The first kappa shape index (κ1) is 18.5. The maximum absolute atomic E-state index is 13.9. The molecule has 0 spiro atoms. The van der Waals surface area contributed by atoms with Gasteiger partial charge in [0.2, 0.25) is 5.78 Å². The summed E-state index contributed by atoms with van der Waals surface area (Å²) in [7, 11) is 1.40. The number of aromatic nitrogens is 3. The molecule has 1 N–H and O–H groups in total. The molecule has 146 valence electrons. The highest BCUT2D eigenvalue weighted by Crippen LogP contribution is 2.31. The molecule has 0 saturated heterocycles. The van der Waals surface area contributed by atoms with Crippen LogP contribution in [-0.2, 0) is 0 Å². The lowest BCUT2D eigenvalue weighted by molar-refractivity contribution is 0.102. The van der Waals surface area contributed by atoms with Gasteiger partial charge in [0.05, 0.1) is 24.1 Å². The maximum Gasteiger partial charge on any atom is 0.258 e. The molecule has 0 fully saturated rings. The zero-order valence-corrected chi connectivity index (χ0v) is 15.0. The number of nitrogens with zero attached hydrogens (tertiary/aromatic N) is 3. The fourth-order valence-corrected chi connectivity index (χ4v) is 2.82. The number of anilines is 1. The van der Waals surface area contributed by atoms with Crippen LogP contribution < -0.4 is 10.1 Å². The second-order valence-corrected chi connectivity index (χ2v) is 6.05. The van der Waals surface area contributed by atoms with Crippen LogP contribution in [0.3, 0.4) is 0 Å². The molecule has 4 aromatic rings. The highest BCUT2D eigenvalue weighted by Gasteiger charge is 2.20. The highest BCUT2D eigenvalue weighted by atomic mass is 19.2. The van der Waals surface area contributed by atoms with Crippen molar-refractivity contribution >= 4 is 17.4 Å². The van der Waals surface area contributed by atoms with Crippen molar-refractivity contribution in [2.45, 2.75) is 0 Å². The van der Waals surface area contributed by atoms with Crippen molar-refractivity contribution < 1.29 is 22.7 Å². The zero-order valence-electron chi connectivity index (χ0n) is 15.0. The number of benzene rings is 2. The van der Waals surface area contributed by atoms with Crippen molar-refractivity contribution in [2.24, 2.45) is 0 Å². The molecule has 0 aliphatic heterocycles. The number of halogens is 3. The number of rotatable bonds is 4. The van der Waals surface area contributed by atoms with Gasteiger partial charge in [-0.3, -0.25) is 9.20 Å². The Kier molecular flexibility index (Phi) is 4.63. The first-order valence-electron chi connectivity index (χ1n) is 8.41. The molecule has 0 bridgehead atoms. The Hall–Kier alpha value is -3.88. The summed E-state index contributed by atoms with van der Waals surface area (Å²) < 4.78 is 47.5. The molecule has 2 aromatic carbocycles. The van der Waals surface area contributed by atoms with Crippen molar-refractivity contribution in [3.63, 3.8) is 0 Å². The number of ether oxygens (including phenoxy) is 1. The van der Waals surface area contributed by atoms with Crippen LogP contribution in [0.4, 0.5) is 18.9 Å². The summed E-state index contributed by atoms with van der Waals surface area (Å²) >= 11 is 0. The summed E-state index contributed by atoms with van der Waals surface area (Å²) in [4.78, 5) is 21.0. The third-order valence-corrected chi connectivity index (χ3v) is 4.26. The summed E-state index contributed by atoms with van der Waals surface area (Å²) in [5.74, 6) is -4.81. The summed E-state index contributed by atoms with van der Waals surface area (Å²) in [5, 5.41) is 2.47. The van der Waals surface area contributed by atoms with Gasteiger partial charge in [0.25, 0.3) is 5.91 Å². The Labute approximate surface area is 162 Å². The number of nitrogens with one attached hydrogen (secondary N) is 1. The van der Waals surface area contributed by atoms with Crippen LogP contribution in [0.2, 0.25) is 0 Å². The summed E-state index contributed by atoms with van der Waals surface area (Å²) in [5.41, 5.74) is 0.802. The summed E-state index contributed by atoms with van der Waals surface area (Å²) in [6, 6.07) is 8.22. The number of hydrogen-bond donors (Lipinski definition) is 1. The molecule has 2 heterocycles. The average molecular weight is 398 g/mol. The number of fused-ring (bicyclic) bond motifs is 1. The van der Waals surface area contributed by atoms with E-state index in [2.05, 4.69) is 15.3 Å². The van der Waals surface area contributed by atoms with Gasteiger partial charge < -0.3 is 10.1 Å². The normalized spacial score (nSPS) is 10.9. The molecular formula is C20H13F3N4O2. The topological polar surface area (TPSA) is 68.5 Å². The molecule has 0 aliphatic carbocycles. The predicted molar refractivity (Wildman–Crippen MR) is 99.2 cm³/mol. The smallest absolute Gasteiger partial charge is 0.258 e. The van der Waals surface area contributed by atoms with E-state index in [1.54, 1.807) is 47.3 Å². The Morgan fingerprint density at radius 3 is 2.72 bits per heavy atom. The molecule has 0 aliphatic rings. The predicted octanol–water partition coefficient (Wildman–Crippen LogP) is 4.07.